The third-order valence-electron chi connectivity index (χ3n) is 1.62. The third-order valence-corrected chi connectivity index (χ3v) is 1.79. The van der Waals surface area contributed by atoms with E-state index in [0.29, 0.717) is 0 Å². The van der Waals surface area contributed by atoms with E-state index in [1.807, 2.05) is 0 Å². The molecule has 0 bridgehead atoms. The number of alkyl halides is 2. The molecule has 0 spiro atoms. The van der Waals surface area contributed by atoms with Gasteiger partial charge in [-0.2, -0.15) is 20.1 Å². The summed E-state index contributed by atoms with van der Waals surface area (Å²) in [5.74, 6) is 0.0965. The maximum atomic E-state index is 11.9. The lowest BCUT2D eigenvalue weighted by atomic mass is 10.7. The van der Waals surface area contributed by atoms with E-state index in [4.69, 9.17) is 11.6 Å². The van der Waals surface area contributed by atoms with Crippen molar-refractivity contribution in [2.75, 3.05) is 6.61 Å². The van der Waals surface area contributed by atoms with Crippen molar-refractivity contribution in [2.45, 2.75) is 6.43 Å². The van der Waals surface area contributed by atoms with Crippen LogP contribution in [0.5, 0.6) is 6.01 Å². The molecule has 0 unspecified atom stereocenters. The minimum absolute atomic E-state index is 0.0965. The molecule has 0 aliphatic carbocycles. The zero-order valence-electron chi connectivity index (χ0n) is 8.29. The van der Waals surface area contributed by atoms with Crippen molar-refractivity contribution in [1.82, 2.24) is 24.7 Å². The highest BCUT2D eigenvalue weighted by Gasteiger charge is 2.10. The Morgan fingerprint density at radius 1 is 1.35 bits per heavy atom. The van der Waals surface area contributed by atoms with Gasteiger partial charge in [-0.25, -0.2) is 13.5 Å². The molecular formula is C8H6ClF2N5O. The van der Waals surface area contributed by atoms with E-state index in [1.54, 1.807) is 12.3 Å². The summed E-state index contributed by atoms with van der Waals surface area (Å²) in [4.78, 5) is 11.1. The van der Waals surface area contributed by atoms with E-state index >= 15 is 0 Å². The molecule has 17 heavy (non-hydrogen) atoms. The molecule has 0 atom stereocenters. The molecule has 0 amide bonds. The molecule has 2 aromatic heterocycles. The Kier molecular flexibility index (Phi) is 3.43. The topological polar surface area (TPSA) is 65.7 Å². The van der Waals surface area contributed by atoms with Gasteiger partial charge in [0, 0.05) is 12.4 Å². The Labute approximate surface area is 99.2 Å². The van der Waals surface area contributed by atoms with E-state index in [-0.39, 0.29) is 17.2 Å². The molecule has 90 valence electrons. The average Bonchev–Trinajstić information content (AvgIpc) is 2.79. The van der Waals surface area contributed by atoms with Gasteiger partial charge in [0.15, 0.2) is 6.61 Å². The van der Waals surface area contributed by atoms with Crippen LogP contribution in [-0.4, -0.2) is 37.8 Å². The quantitative estimate of drug-likeness (QED) is 0.831. The predicted molar refractivity (Wildman–Crippen MR) is 53.5 cm³/mol. The number of hydrogen-bond donors (Lipinski definition) is 0. The first-order valence-electron chi connectivity index (χ1n) is 4.47. The molecule has 0 aliphatic heterocycles. The summed E-state index contributed by atoms with van der Waals surface area (Å²) in [7, 11) is 0. The first-order chi connectivity index (χ1) is 8.15. The van der Waals surface area contributed by atoms with Gasteiger partial charge in [-0.15, -0.1) is 0 Å². The largest absolute Gasteiger partial charge is 0.457 e. The fourth-order valence-electron chi connectivity index (χ4n) is 1.01. The fourth-order valence-corrected chi connectivity index (χ4v) is 1.16. The van der Waals surface area contributed by atoms with Crippen LogP contribution in [0.1, 0.15) is 0 Å². The van der Waals surface area contributed by atoms with E-state index < -0.39 is 13.0 Å². The van der Waals surface area contributed by atoms with Crippen LogP contribution < -0.4 is 4.74 Å². The maximum absolute atomic E-state index is 11.9. The summed E-state index contributed by atoms with van der Waals surface area (Å²) in [5.41, 5.74) is 0. The van der Waals surface area contributed by atoms with Crippen LogP contribution in [0.25, 0.3) is 5.95 Å². The zero-order chi connectivity index (χ0) is 12.3. The van der Waals surface area contributed by atoms with Crippen LogP contribution >= 0.6 is 11.6 Å². The van der Waals surface area contributed by atoms with Crippen LogP contribution in [0.15, 0.2) is 18.5 Å². The van der Waals surface area contributed by atoms with Crippen LogP contribution in [-0.2, 0) is 0 Å². The molecule has 2 rings (SSSR count). The molecule has 0 radical (unpaired) electrons. The molecule has 6 nitrogen and oxygen atoms in total. The molecule has 0 aromatic carbocycles. The normalized spacial score (nSPS) is 10.8. The highest BCUT2D eigenvalue weighted by atomic mass is 35.5. The van der Waals surface area contributed by atoms with Gasteiger partial charge >= 0.3 is 6.01 Å². The van der Waals surface area contributed by atoms with Gasteiger partial charge in [-0.1, -0.05) is 0 Å². The highest BCUT2D eigenvalue weighted by Crippen LogP contribution is 2.11. The number of rotatable bonds is 4. The Hall–Kier alpha value is -1.83. The summed E-state index contributed by atoms with van der Waals surface area (Å²) in [6.45, 7) is -0.807. The van der Waals surface area contributed by atoms with Crippen molar-refractivity contribution in [3.05, 3.63) is 23.7 Å². The van der Waals surface area contributed by atoms with Gasteiger partial charge in [-0.3, -0.25) is 0 Å². The SMILES string of the molecule is FC(F)COc1nc(Cl)nc(-n2cccn2)n1. The van der Waals surface area contributed by atoms with Crippen molar-refractivity contribution in [3.8, 4) is 12.0 Å². The maximum Gasteiger partial charge on any atom is 0.322 e. The monoisotopic (exact) mass is 261 g/mol. The molecule has 0 saturated carbocycles. The molecule has 9 heteroatoms. The summed E-state index contributed by atoms with van der Waals surface area (Å²) in [5, 5.41) is 3.71. The van der Waals surface area contributed by atoms with Crippen LogP contribution in [0.4, 0.5) is 8.78 Å². The number of halogens is 3. The first kappa shape index (κ1) is 11.6. The minimum atomic E-state index is -2.61. The standard InChI is InChI=1S/C8H6ClF2N5O/c9-6-13-7(16-3-1-2-12-16)15-8(14-6)17-4-5(10)11/h1-3,5H,4H2. The van der Waals surface area contributed by atoms with Crippen molar-refractivity contribution >= 4 is 11.6 Å². The first-order valence-corrected chi connectivity index (χ1v) is 4.85. The van der Waals surface area contributed by atoms with Crippen LogP contribution in [0, 0.1) is 0 Å². The van der Waals surface area contributed by atoms with E-state index in [9.17, 15) is 8.78 Å². The number of aromatic nitrogens is 5. The lowest BCUT2D eigenvalue weighted by Crippen LogP contribution is -2.11. The Balaban J connectivity index is 2.24. The second-order valence-electron chi connectivity index (χ2n) is 2.84. The summed E-state index contributed by atoms with van der Waals surface area (Å²) >= 11 is 5.61. The van der Waals surface area contributed by atoms with Gasteiger partial charge in [0.25, 0.3) is 12.4 Å². The Morgan fingerprint density at radius 2 is 2.18 bits per heavy atom. The molecule has 0 saturated heterocycles. The zero-order valence-corrected chi connectivity index (χ0v) is 9.05. The van der Waals surface area contributed by atoms with Crippen molar-refractivity contribution < 1.29 is 13.5 Å². The molecular weight excluding hydrogens is 256 g/mol. The molecule has 2 aromatic rings. The highest BCUT2D eigenvalue weighted by molar-refractivity contribution is 6.28. The van der Waals surface area contributed by atoms with Crippen molar-refractivity contribution in [3.63, 3.8) is 0 Å². The lowest BCUT2D eigenvalue weighted by molar-refractivity contribution is 0.0768. The average molecular weight is 262 g/mol. The Morgan fingerprint density at radius 3 is 2.82 bits per heavy atom. The van der Waals surface area contributed by atoms with E-state index in [1.165, 1.54) is 10.9 Å². The summed E-state index contributed by atoms with van der Waals surface area (Å²) in [6, 6.07) is 1.38. The second kappa shape index (κ2) is 5.00. The number of hydrogen-bond acceptors (Lipinski definition) is 5. The third kappa shape index (κ3) is 3.06. The van der Waals surface area contributed by atoms with Gasteiger partial charge in [-0.05, 0) is 17.7 Å². The van der Waals surface area contributed by atoms with Gasteiger partial charge in [0.05, 0.1) is 0 Å². The number of nitrogens with zero attached hydrogens (tertiary/aromatic N) is 5. The molecule has 2 heterocycles. The summed E-state index contributed by atoms with van der Waals surface area (Å²) < 4.78 is 29.9. The van der Waals surface area contributed by atoms with E-state index in [2.05, 4.69) is 24.8 Å². The van der Waals surface area contributed by atoms with Crippen LogP contribution in [0.3, 0.4) is 0 Å². The van der Waals surface area contributed by atoms with Crippen molar-refractivity contribution in [2.24, 2.45) is 0 Å². The fraction of sp³-hybridized carbons (Fsp3) is 0.250. The number of ether oxygens (including phenoxy) is 1. The van der Waals surface area contributed by atoms with Crippen LogP contribution in [0.2, 0.25) is 5.28 Å². The lowest BCUT2D eigenvalue weighted by Gasteiger charge is -2.05. The predicted octanol–water partition coefficient (Wildman–Crippen LogP) is 1.35. The molecule has 0 aliphatic rings. The summed E-state index contributed by atoms with van der Waals surface area (Å²) in [6.07, 6.45) is 0.471. The van der Waals surface area contributed by atoms with Gasteiger partial charge in [0.1, 0.15) is 0 Å². The van der Waals surface area contributed by atoms with Gasteiger partial charge < -0.3 is 4.74 Å². The van der Waals surface area contributed by atoms with E-state index in [0.717, 1.165) is 0 Å². The Bertz CT molecular complexity index is 493. The van der Waals surface area contributed by atoms with Gasteiger partial charge in [0.2, 0.25) is 5.28 Å². The second-order valence-corrected chi connectivity index (χ2v) is 3.18. The minimum Gasteiger partial charge on any atom is -0.457 e. The molecule has 0 fully saturated rings. The smallest absolute Gasteiger partial charge is 0.322 e. The molecule has 0 N–H and O–H groups in total. The van der Waals surface area contributed by atoms with Crippen molar-refractivity contribution in [1.29, 1.82) is 0 Å².